The Morgan fingerprint density at radius 1 is 0.360 bits per heavy atom. The summed E-state index contributed by atoms with van der Waals surface area (Å²) >= 11 is 0. The van der Waals surface area contributed by atoms with Crippen molar-refractivity contribution < 1.29 is 9.47 Å². The van der Waals surface area contributed by atoms with Gasteiger partial charge in [0, 0.05) is 16.8 Å². The Kier molecular flexibility index (Phi) is 6.51. The number of ether oxygens (including phenoxy) is 2. The molecule has 0 aliphatic carbocycles. The van der Waals surface area contributed by atoms with Gasteiger partial charge in [0.05, 0.1) is 5.69 Å². The molecule has 10 rings (SSSR count). The second kappa shape index (κ2) is 11.4. The van der Waals surface area contributed by atoms with Crippen molar-refractivity contribution in [3.8, 4) is 34.1 Å². The number of nitrogens with zero attached hydrogens (tertiary/aromatic N) is 1. The normalized spacial score (nSPS) is 13.3. The third-order valence-corrected chi connectivity index (χ3v) is 15.0. The van der Waals surface area contributed by atoms with E-state index in [1.165, 1.54) is 42.6 Å². The monoisotopic (exact) mass is 657 g/mol. The van der Waals surface area contributed by atoms with E-state index >= 15 is 0 Å². The first-order chi connectivity index (χ1) is 24.8. The fourth-order valence-electron chi connectivity index (χ4n) is 8.01. The van der Waals surface area contributed by atoms with E-state index in [2.05, 4.69) is 193 Å². The molecule has 0 amide bonds. The molecule has 2 heterocycles. The number of anilines is 3. The fourth-order valence-corrected chi connectivity index (χ4v) is 13.2. The molecule has 0 bridgehead atoms. The number of para-hydroxylation sites is 3. The van der Waals surface area contributed by atoms with E-state index in [4.69, 9.17) is 9.47 Å². The SMILES string of the molecule is c1ccc(-c2ccc(N(c3ccc4c(c3)[Si]3(c5ccccc5Oc5ccccc53)c3ccccc3O4)c3cccc4ccccc34)cc2)cc1. The Morgan fingerprint density at radius 3 is 1.52 bits per heavy atom. The Balaban J connectivity index is 1.25. The predicted molar refractivity (Wildman–Crippen MR) is 208 cm³/mol. The van der Waals surface area contributed by atoms with E-state index in [1.54, 1.807) is 0 Å². The summed E-state index contributed by atoms with van der Waals surface area (Å²) in [6.45, 7) is 0. The summed E-state index contributed by atoms with van der Waals surface area (Å²) < 4.78 is 13.4. The molecule has 0 saturated heterocycles. The Labute approximate surface area is 292 Å². The smallest absolute Gasteiger partial charge is 0.196 e. The van der Waals surface area contributed by atoms with Gasteiger partial charge in [0.15, 0.2) is 8.07 Å². The minimum atomic E-state index is -2.92. The van der Waals surface area contributed by atoms with E-state index in [0.717, 1.165) is 40.1 Å². The van der Waals surface area contributed by atoms with Crippen LogP contribution < -0.4 is 35.1 Å². The summed E-state index contributed by atoms with van der Waals surface area (Å²) in [5, 5.41) is 7.30. The van der Waals surface area contributed by atoms with Crippen molar-refractivity contribution in [1.82, 2.24) is 0 Å². The van der Waals surface area contributed by atoms with Crippen LogP contribution in [0.3, 0.4) is 0 Å². The average molecular weight is 658 g/mol. The summed E-state index contributed by atoms with van der Waals surface area (Å²) in [5.41, 5.74) is 5.66. The van der Waals surface area contributed by atoms with Gasteiger partial charge in [0.2, 0.25) is 0 Å². The zero-order chi connectivity index (χ0) is 33.1. The fraction of sp³-hybridized carbons (Fsp3) is 0. The van der Waals surface area contributed by atoms with Crippen molar-refractivity contribution in [2.75, 3.05) is 4.90 Å². The molecule has 0 radical (unpaired) electrons. The maximum Gasteiger partial charge on any atom is 0.196 e. The van der Waals surface area contributed by atoms with Crippen molar-refractivity contribution in [3.05, 3.63) is 188 Å². The summed E-state index contributed by atoms with van der Waals surface area (Å²) in [5.74, 6) is 3.62. The summed E-state index contributed by atoms with van der Waals surface area (Å²) in [6.07, 6.45) is 0. The summed E-state index contributed by atoms with van der Waals surface area (Å²) in [6, 6.07) is 67.2. The van der Waals surface area contributed by atoms with Gasteiger partial charge in [0.1, 0.15) is 23.0 Å². The highest BCUT2D eigenvalue weighted by Gasteiger charge is 2.53. The van der Waals surface area contributed by atoms with Crippen LogP contribution in [-0.4, -0.2) is 8.07 Å². The molecule has 3 nitrogen and oxygen atoms in total. The zero-order valence-corrected chi connectivity index (χ0v) is 28.2. The van der Waals surface area contributed by atoms with Crippen LogP contribution in [0.4, 0.5) is 17.1 Å². The summed E-state index contributed by atoms with van der Waals surface area (Å²) in [4.78, 5) is 2.40. The lowest BCUT2D eigenvalue weighted by Crippen LogP contribution is -2.77. The number of hydrogen-bond donors (Lipinski definition) is 0. The molecule has 0 aromatic heterocycles. The third-order valence-electron chi connectivity index (χ3n) is 10.2. The molecular weight excluding hydrogens is 627 g/mol. The van der Waals surface area contributed by atoms with Crippen molar-refractivity contribution in [3.63, 3.8) is 0 Å². The van der Waals surface area contributed by atoms with E-state index in [-0.39, 0.29) is 0 Å². The van der Waals surface area contributed by atoms with Gasteiger partial charge in [-0.2, -0.15) is 0 Å². The first-order valence-corrected chi connectivity index (χ1v) is 19.0. The number of rotatable bonds is 4. The van der Waals surface area contributed by atoms with E-state index in [9.17, 15) is 0 Å². The quantitative estimate of drug-likeness (QED) is 0.176. The lowest BCUT2D eigenvalue weighted by atomic mass is 10.0. The van der Waals surface area contributed by atoms with Gasteiger partial charge in [0.25, 0.3) is 0 Å². The van der Waals surface area contributed by atoms with Gasteiger partial charge in [-0.05, 0) is 91.9 Å². The number of benzene rings is 8. The largest absolute Gasteiger partial charge is 0.458 e. The molecule has 50 heavy (non-hydrogen) atoms. The van der Waals surface area contributed by atoms with Crippen LogP contribution in [-0.2, 0) is 0 Å². The molecule has 2 aliphatic heterocycles. The summed E-state index contributed by atoms with van der Waals surface area (Å²) in [7, 11) is -2.92. The molecule has 8 aromatic carbocycles. The van der Waals surface area contributed by atoms with Gasteiger partial charge in [-0.25, -0.2) is 0 Å². The Hall–Kier alpha value is -6.36. The van der Waals surface area contributed by atoms with Gasteiger partial charge >= 0.3 is 0 Å². The van der Waals surface area contributed by atoms with Crippen molar-refractivity contribution >= 4 is 56.7 Å². The van der Waals surface area contributed by atoms with Gasteiger partial charge in [-0.1, -0.05) is 133 Å². The minimum absolute atomic E-state index is 0.892. The Morgan fingerprint density at radius 2 is 0.860 bits per heavy atom. The standard InChI is InChI=1S/C46H31NO2Si/c1-2-13-32(14-3-1)33-25-27-35(28-26-33)47(38-18-12-16-34-15-4-5-17-37(34)38)36-29-30-42-46(31-36)50(45-24-11-8-21-41(45)49-42)43-22-9-6-19-39(43)48-40-20-7-10-23-44(40)50/h1-31H. The molecule has 1 spiro atoms. The number of fused-ring (bicyclic) bond motifs is 9. The zero-order valence-electron chi connectivity index (χ0n) is 27.2. The molecular formula is C46H31NO2Si. The highest BCUT2D eigenvalue weighted by atomic mass is 28.3. The molecule has 0 fully saturated rings. The van der Waals surface area contributed by atoms with Gasteiger partial charge < -0.3 is 14.4 Å². The molecule has 0 N–H and O–H groups in total. The van der Waals surface area contributed by atoms with E-state index in [0.29, 0.717) is 0 Å². The highest BCUT2D eigenvalue weighted by molar-refractivity contribution is 7.21. The van der Waals surface area contributed by atoms with Crippen LogP contribution in [0, 0.1) is 0 Å². The van der Waals surface area contributed by atoms with Crippen LogP contribution in [0.15, 0.2) is 188 Å². The minimum Gasteiger partial charge on any atom is -0.458 e. The number of hydrogen-bond acceptors (Lipinski definition) is 3. The Bertz CT molecular complexity index is 2450. The third kappa shape index (κ3) is 4.29. The van der Waals surface area contributed by atoms with Crippen LogP contribution in [0.1, 0.15) is 0 Å². The van der Waals surface area contributed by atoms with Crippen LogP contribution in [0.2, 0.25) is 0 Å². The van der Waals surface area contributed by atoms with Crippen LogP contribution in [0.5, 0.6) is 23.0 Å². The second-order valence-corrected chi connectivity index (χ2v) is 16.5. The van der Waals surface area contributed by atoms with Crippen molar-refractivity contribution in [2.24, 2.45) is 0 Å². The van der Waals surface area contributed by atoms with E-state index < -0.39 is 8.07 Å². The lowest BCUT2D eigenvalue weighted by molar-refractivity contribution is 0.481. The molecule has 0 atom stereocenters. The van der Waals surface area contributed by atoms with Gasteiger partial charge in [-0.15, -0.1) is 0 Å². The first kappa shape index (κ1) is 28.6. The first-order valence-electron chi connectivity index (χ1n) is 17.0. The molecule has 0 saturated carbocycles. The van der Waals surface area contributed by atoms with Crippen molar-refractivity contribution in [1.29, 1.82) is 0 Å². The second-order valence-electron chi connectivity index (χ2n) is 12.9. The topological polar surface area (TPSA) is 21.7 Å². The van der Waals surface area contributed by atoms with Crippen LogP contribution >= 0.6 is 0 Å². The lowest BCUT2D eigenvalue weighted by Gasteiger charge is -2.43. The molecule has 4 heteroatoms. The van der Waals surface area contributed by atoms with E-state index in [1.807, 2.05) is 0 Å². The molecule has 236 valence electrons. The molecule has 0 unspecified atom stereocenters. The highest BCUT2D eigenvalue weighted by Crippen LogP contribution is 2.42. The molecule has 8 aromatic rings. The molecule has 2 aliphatic rings. The van der Waals surface area contributed by atoms with Gasteiger partial charge in [-0.3, -0.25) is 0 Å². The average Bonchev–Trinajstić information content (AvgIpc) is 3.19. The van der Waals surface area contributed by atoms with Crippen molar-refractivity contribution in [2.45, 2.75) is 0 Å². The maximum atomic E-state index is 6.79. The van der Waals surface area contributed by atoms with Crippen LogP contribution in [0.25, 0.3) is 21.9 Å². The predicted octanol–water partition coefficient (Wildman–Crippen LogP) is 9.57. The maximum absolute atomic E-state index is 6.79.